The topological polar surface area (TPSA) is 87.6 Å². The molecule has 0 bridgehead atoms. The molecule has 1 aromatic rings. The fourth-order valence-corrected chi connectivity index (χ4v) is 2.12. The van der Waals surface area contributed by atoms with Crippen molar-refractivity contribution in [3.05, 3.63) is 33.9 Å². The Kier molecular flexibility index (Phi) is 3.23. The molecule has 0 aliphatic heterocycles. The summed E-state index contributed by atoms with van der Waals surface area (Å²) < 4.78 is 10.3. The van der Waals surface area contributed by atoms with Gasteiger partial charge in [0.15, 0.2) is 5.75 Å². The number of nitrogens with two attached hydrogens (primary N) is 1. The van der Waals surface area contributed by atoms with Gasteiger partial charge in [0, 0.05) is 18.7 Å². The van der Waals surface area contributed by atoms with Crippen molar-refractivity contribution in [1.29, 1.82) is 0 Å². The van der Waals surface area contributed by atoms with Gasteiger partial charge in [-0.3, -0.25) is 10.1 Å². The molecule has 1 fully saturated rings. The van der Waals surface area contributed by atoms with E-state index < -0.39 is 10.5 Å². The van der Waals surface area contributed by atoms with E-state index in [0.29, 0.717) is 5.56 Å². The van der Waals surface area contributed by atoms with Crippen LogP contribution in [0.2, 0.25) is 0 Å². The molecule has 0 radical (unpaired) electrons. The van der Waals surface area contributed by atoms with Gasteiger partial charge in [-0.1, -0.05) is 6.07 Å². The summed E-state index contributed by atoms with van der Waals surface area (Å²) in [7, 11) is 2.97. The van der Waals surface area contributed by atoms with E-state index in [4.69, 9.17) is 15.2 Å². The van der Waals surface area contributed by atoms with Crippen molar-refractivity contribution in [2.75, 3.05) is 14.2 Å². The van der Waals surface area contributed by atoms with E-state index in [9.17, 15) is 10.1 Å². The Bertz CT molecular complexity index is 471. The fourth-order valence-electron chi connectivity index (χ4n) is 2.12. The zero-order chi connectivity index (χ0) is 13.3. The van der Waals surface area contributed by atoms with Crippen molar-refractivity contribution in [2.45, 2.75) is 24.5 Å². The number of nitrogens with zero attached hydrogens (tertiary/aromatic N) is 1. The Morgan fingerprint density at radius 3 is 2.56 bits per heavy atom. The van der Waals surface area contributed by atoms with Crippen molar-refractivity contribution < 1.29 is 14.4 Å². The van der Waals surface area contributed by atoms with Gasteiger partial charge in [-0.15, -0.1) is 0 Å². The molecule has 6 heteroatoms. The molecule has 0 amide bonds. The van der Waals surface area contributed by atoms with Gasteiger partial charge in [0.2, 0.25) is 0 Å². The van der Waals surface area contributed by atoms with Gasteiger partial charge in [-0.2, -0.15) is 0 Å². The summed E-state index contributed by atoms with van der Waals surface area (Å²) in [5.41, 5.74) is 6.36. The highest BCUT2D eigenvalue weighted by Gasteiger charge is 2.47. The number of benzene rings is 1. The maximum atomic E-state index is 11.0. The molecule has 18 heavy (non-hydrogen) atoms. The van der Waals surface area contributed by atoms with E-state index in [1.807, 2.05) is 0 Å². The van der Waals surface area contributed by atoms with E-state index in [1.165, 1.54) is 13.2 Å². The molecule has 98 valence electrons. The summed E-state index contributed by atoms with van der Waals surface area (Å²) >= 11 is 0. The first-order valence-electron chi connectivity index (χ1n) is 5.66. The molecule has 2 N–H and O–H groups in total. The predicted octanol–water partition coefficient (Wildman–Crippen LogP) is 1.78. The summed E-state index contributed by atoms with van der Waals surface area (Å²) in [6.07, 6.45) is 1.42. The van der Waals surface area contributed by atoms with Crippen molar-refractivity contribution in [3.63, 3.8) is 0 Å². The van der Waals surface area contributed by atoms with Crippen LogP contribution >= 0.6 is 0 Å². The molecule has 0 spiro atoms. The Balaban J connectivity index is 2.39. The van der Waals surface area contributed by atoms with Crippen LogP contribution < -0.4 is 10.5 Å². The minimum absolute atomic E-state index is 0.0682. The second-order valence-corrected chi connectivity index (χ2v) is 4.54. The smallest absolute Gasteiger partial charge is 0.311 e. The summed E-state index contributed by atoms with van der Waals surface area (Å²) in [6.45, 7) is 0. The van der Waals surface area contributed by atoms with Crippen molar-refractivity contribution >= 4 is 5.69 Å². The molecule has 0 heterocycles. The minimum Gasteiger partial charge on any atom is -0.490 e. The van der Waals surface area contributed by atoms with Gasteiger partial charge >= 0.3 is 5.69 Å². The number of nitro benzene ring substituents is 1. The summed E-state index contributed by atoms with van der Waals surface area (Å²) in [6, 6.07) is 4.80. The van der Waals surface area contributed by atoms with Crippen LogP contribution in [-0.4, -0.2) is 24.7 Å². The molecule has 0 aromatic heterocycles. The van der Waals surface area contributed by atoms with Crippen molar-refractivity contribution in [1.82, 2.24) is 0 Å². The summed E-state index contributed by atoms with van der Waals surface area (Å²) in [5.74, 6) is 0.237. The quantitative estimate of drug-likeness (QED) is 0.637. The summed E-state index contributed by atoms with van der Waals surface area (Å²) in [4.78, 5) is 10.5. The van der Waals surface area contributed by atoms with Crippen LogP contribution in [0.5, 0.6) is 5.75 Å². The van der Waals surface area contributed by atoms with Crippen LogP contribution in [0.15, 0.2) is 18.2 Å². The van der Waals surface area contributed by atoms with Crippen LogP contribution in [0, 0.1) is 10.1 Å². The monoisotopic (exact) mass is 252 g/mol. The summed E-state index contributed by atoms with van der Waals surface area (Å²) in [5, 5.41) is 11.0. The number of ether oxygens (including phenoxy) is 2. The Labute approximate surface area is 105 Å². The molecular formula is C12H16N2O4. The van der Waals surface area contributed by atoms with E-state index in [1.54, 1.807) is 19.2 Å². The maximum Gasteiger partial charge on any atom is 0.311 e. The highest BCUT2D eigenvalue weighted by atomic mass is 16.6. The van der Waals surface area contributed by atoms with Crippen LogP contribution in [0.25, 0.3) is 0 Å². The van der Waals surface area contributed by atoms with E-state index in [-0.39, 0.29) is 17.5 Å². The highest BCUT2D eigenvalue weighted by molar-refractivity contribution is 5.49. The molecule has 0 saturated heterocycles. The molecule has 2 rings (SSSR count). The lowest BCUT2D eigenvalue weighted by Gasteiger charge is -2.22. The van der Waals surface area contributed by atoms with Crippen LogP contribution in [0.1, 0.15) is 24.5 Å². The minimum atomic E-state index is -0.467. The van der Waals surface area contributed by atoms with Gasteiger partial charge < -0.3 is 15.2 Å². The average molecular weight is 252 g/mol. The second-order valence-electron chi connectivity index (χ2n) is 4.54. The number of hydrogen-bond donors (Lipinski definition) is 1. The molecule has 6 nitrogen and oxygen atoms in total. The van der Waals surface area contributed by atoms with Gasteiger partial charge in [-0.25, -0.2) is 0 Å². The largest absolute Gasteiger partial charge is 0.490 e. The number of rotatable bonds is 5. The normalized spacial score (nSPS) is 18.2. The zero-order valence-electron chi connectivity index (χ0n) is 10.4. The molecule has 1 aliphatic rings. The predicted molar refractivity (Wildman–Crippen MR) is 65.6 cm³/mol. The van der Waals surface area contributed by atoms with Gasteiger partial charge in [-0.05, 0) is 24.5 Å². The number of hydrogen-bond acceptors (Lipinski definition) is 5. The third-order valence-electron chi connectivity index (χ3n) is 3.29. The molecule has 1 aromatic carbocycles. The van der Waals surface area contributed by atoms with Crippen molar-refractivity contribution in [3.8, 4) is 5.75 Å². The third kappa shape index (κ3) is 2.16. The zero-order valence-corrected chi connectivity index (χ0v) is 10.4. The molecular weight excluding hydrogens is 236 g/mol. The van der Waals surface area contributed by atoms with Crippen molar-refractivity contribution in [2.24, 2.45) is 5.73 Å². The van der Waals surface area contributed by atoms with E-state index in [0.717, 1.165) is 12.8 Å². The van der Waals surface area contributed by atoms with Crippen LogP contribution in [-0.2, 0) is 4.74 Å². The lowest BCUT2D eigenvalue weighted by Crippen LogP contribution is -2.31. The fraction of sp³-hybridized carbons (Fsp3) is 0.500. The standard InChI is InChI=1S/C12H16N2O4/c1-17-10-4-3-8(7-9(10)14(15)16)11(18-2)12(13)5-6-12/h3-4,7,11H,5-6,13H2,1-2H3. The first kappa shape index (κ1) is 12.8. The van der Waals surface area contributed by atoms with Crippen LogP contribution in [0.4, 0.5) is 5.69 Å². The molecule has 1 unspecified atom stereocenters. The lowest BCUT2D eigenvalue weighted by molar-refractivity contribution is -0.385. The maximum absolute atomic E-state index is 11.0. The Morgan fingerprint density at radius 2 is 2.11 bits per heavy atom. The number of methoxy groups -OCH3 is 2. The average Bonchev–Trinajstić information content (AvgIpc) is 3.08. The molecule has 1 aliphatic carbocycles. The Hall–Kier alpha value is -1.66. The first-order chi connectivity index (χ1) is 8.51. The highest BCUT2D eigenvalue weighted by Crippen LogP contribution is 2.46. The Morgan fingerprint density at radius 1 is 1.44 bits per heavy atom. The number of nitro groups is 1. The van der Waals surface area contributed by atoms with Gasteiger partial charge in [0.1, 0.15) is 6.10 Å². The SMILES string of the molecule is COc1ccc(C(OC)C2(N)CC2)cc1[N+](=O)[O-]. The molecule has 1 saturated carbocycles. The first-order valence-corrected chi connectivity index (χ1v) is 5.66. The third-order valence-corrected chi connectivity index (χ3v) is 3.29. The second kappa shape index (κ2) is 4.55. The lowest BCUT2D eigenvalue weighted by atomic mass is 10.00. The van der Waals surface area contributed by atoms with E-state index in [2.05, 4.69) is 0 Å². The van der Waals surface area contributed by atoms with Crippen LogP contribution in [0.3, 0.4) is 0 Å². The van der Waals surface area contributed by atoms with Gasteiger partial charge in [0.05, 0.1) is 12.0 Å². The molecule has 1 atom stereocenters. The van der Waals surface area contributed by atoms with E-state index >= 15 is 0 Å². The van der Waals surface area contributed by atoms with Gasteiger partial charge in [0.25, 0.3) is 0 Å².